The maximum atomic E-state index is 3.55. The zero-order valence-corrected chi connectivity index (χ0v) is 10.7. The quantitative estimate of drug-likeness (QED) is 0.638. The Balaban J connectivity index is -0.0000000150. The molecule has 0 aromatic carbocycles. The number of hydrogen-bond acceptors (Lipinski definition) is 0. The Hall–Kier alpha value is 1.79. The summed E-state index contributed by atoms with van der Waals surface area (Å²) in [6.07, 6.45) is 2.96. The van der Waals surface area contributed by atoms with Gasteiger partial charge in [0.25, 0.3) is 0 Å². The van der Waals surface area contributed by atoms with Gasteiger partial charge in [-0.25, -0.2) is 0 Å². The molecule has 0 amide bonds. The van der Waals surface area contributed by atoms with Gasteiger partial charge in [0.2, 0.25) is 0 Å². The van der Waals surface area contributed by atoms with Gasteiger partial charge in [0.1, 0.15) is 0 Å². The second-order valence-corrected chi connectivity index (χ2v) is 0.697. The van der Waals surface area contributed by atoms with E-state index in [1.54, 1.807) is 0 Å². The van der Waals surface area contributed by atoms with E-state index in [1.807, 2.05) is 13.3 Å². The van der Waals surface area contributed by atoms with Crippen molar-refractivity contribution in [3.8, 4) is 0 Å². The smallest absolute Gasteiger partial charge is 0.372 e. The molecule has 0 unspecified atom stereocenters. The maximum absolute atomic E-state index is 3.55. The van der Waals surface area contributed by atoms with Crippen LogP contribution in [0.2, 0.25) is 0 Å². The molecule has 0 atom stereocenters. The first-order valence-electron chi connectivity index (χ1n) is 1.49. The van der Waals surface area contributed by atoms with E-state index >= 15 is 0 Å². The zero-order chi connectivity index (χ0) is 3.41. The van der Waals surface area contributed by atoms with Gasteiger partial charge in [0.05, 0.1) is 0 Å². The summed E-state index contributed by atoms with van der Waals surface area (Å²) in [4.78, 5) is 0. The minimum Gasteiger partial charge on any atom is -0.372 e. The third-order valence-corrected chi connectivity index (χ3v) is 0.289. The van der Waals surface area contributed by atoms with E-state index in [1.165, 1.54) is 0 Å². The number of unbranched alkanes of at least 4 members (excludes halogenated alkanes) is 1. The molecule has 41 valence electrons. The molecule has 0 aromatic heterocycles. The van der Waals surface area contributed by atoms with Crippen molar-refractivity contribution in [3.63, 3.8) is 0 Å². The van der Waals surface area contributed by atoms with Gasteiger partial charge in [-0.2, -0.15) is 6.92 Å². The van der Waals surface area contributed by atoms with Gasteiger partial charge in [-0.1, -0.05) is 0 Å². The molecule has 0 saturated carbocycles. The van der Waals surface area contributed by atoms with Gasteiger partial charge in [0, 0.05) is 32.7 Å². The molecule has 0 aliphatic rings. The van der Waals surface area contributed by atoms with Gasteiger partial charge < -0.3 is 27.2 Å². The van der Waals surface area contributed by atoms with Crippen LogP contribution in [0.15, 0.2) is 0 Å². The second kappa shape index (κ2) is 25.0. The SMILES string of the molecule is [CH2-]C[CH-]C.[CH3-].[W+2].[Y]. The van der Waals surface area contributed by atoms with Crippen molar-refractivity contribution in [1.82, 2.24) is 0 Å². The summed E-state index contributed by atoms with van der Waals surface area (Å²) >= 11 is 0. The van der Waals surface area contributed by atoms with Crippen molar-refractivity contribution in [2.24, 2.45) is 0 Å². The molecule has 0 saturated heterocycles. The van der Waals surface area contributed by atoms with Crippen molar-refractivity contribution in [2.45, 2.75) is 13.3 Å². The molecular formula is C5H11WY-. The summed E-state index contributed by atoms with van der Waals surface area (Å²) in [5, 5.41) is 0. The minimum absolute atomic E-state index is 0. The molecule has 0 rings (SSSR count). The van der Waals surface area contributed by atoms with E-state index in [9.17, 15) is 0 Å². The van der Waals surface area contributed by atoms with Crippen LogP contribution in [-0.2, 0) is 53.8 Å². The average Bonchev–Trinajstić information content (AvgIpc) is 1.37. The van der Waals surface area contributed by atoms with Crippen LogP contribution in [0.4, 0.5) is 0 Å². The molecule has 0 aromatic rings. The fourth-order valence-corrected chi connectivity index (χ4v) is 0. The van der Waals surface area contributed by atoms with Crippen LogP contribution in [0.3, 0.4) is 0 Å². The molecule has 0 aliphatic heterocycles. The Labute approximate surface area is 87.0 Å². The fraction of sp³-hybridized carbons (Fsp3) is 0.400. The van der Waals surface area contributed by atoms with E-state index in [2.05, 4.69) is 6.92 Å². The van der Waals surface area contributed by atoms with E-state index in [0.29, 0.717) is 0 Å². The number of hydrogen-bond donors (Lipinski definition) is 0. The van der Waals surface area contributed by atoms with Gasteiger partial charge in [0.15, 0.2) is 0 Å². The summed E-state index contributed by atoms with van der Waals surface area (Å²) in [5.41, 5.74) is 0. The van der Waals surface area contributed by atoms with Crippen LogP contribution in [-0.4, -0.2) is 0 Å². The van der Waals surface area contributed by atoms with Crippen LogP contribution >= 0.6 is 0 Å². The third kappa shape index (κ3) is 33.5. The van der Waals surface area contributed by atoms with Crippen molar-refractivity contribution in [1.29, 1.82) is 0 Å². The number of rotatable bonds is 1. The summed E-state index contributed by atoms with van der Waals surface area (Å²) < 4.78 is 0. The van der Waals surface area contributed by atoms with Crippen LogP contribution in [0.5, 0.6) is 0 Å². The fourth-order valence-electron chi connectivity index (χ4n) is 0. The van der Waals surface area contributed by atoms with Crippen molar-refractivity contribution >= 4 is 0 Å². The van der Waals surface area contributed by atoms with E-state index in [-0.39, 0.29) is 61.2 Å². The molecule has 0 fully saturated rings. The molecular weight excluding hydrogens is 333 g/mol. The minimum atomic E-state index is 0. The third-order valence-electron chi connectivity index (χ3n) is 0.289. The van der Waals surface area contributed by atoms with E-state index < -0.39 is 0 Å². The van der Waals surface area contributed by atoms with Crippen LogP contribution in [0.1, 0.15) is 13.3 Å². The van der Waals surface area contributed by atoms with Gasteiger partial charge in [-0.15, -0.1) is 0 Å². The predicted molar refractivity (Wildman–Crippen MR) is 26.4 cm³/mol. The largest absolute Gasteiger partial charge is 2.00 e. The first-order valence-corrected chi connectivity index (χ1v) is 1.49. The van der Waals surface area contributed by atoms with Crippen LogP contribution < -0.4 is 0 Å². The molecule has 0 aliphatic carbocycles. The Bertz CT molecular complexity index is 10.0. The summed E-state index contributed by atoms with van der Waals surface area (Å²) in [6.45, 7) is 5.54. The maximum Gasteiger partial charge on any atom is 2.00 e. The van der Waals surface area contributed by atoms with Crippen LogP contribution in [0.25, 0.3) is 0 Å². The van der Waals surface area contributed by atoms with E-state index in [4.69, 9.17) is 0 Å². The molecule has 0 bridgehead atoms. The predicted octanol–water partition coefficient (Wildman–Crippen LogP) is 1.88. The van der Waals surface area contributed by atoms with Gasteiger partial charge in [-0.05, 0) is 0 Å². The Morgan fingerprint density at radius 2 is 1.71 bits per heavy atom. The van der Waals surface area contributed by atoms with Crippen molar-refractivity contribution in [3.05, 3.63) is 20.8 Å². The Morgan fingerprint density at radius 3 is 1.71 bits per heavy atom. The second-order valence-electron chi connectivity index (χ2n) is 0.697. The van der Waals surface area contributed by atoms with Gasteiger partial charge >= 0.3 is 21.1 Å². The Morgan fingerprint density at radius 1 is 1.57 bits per heavy atom. The summed E-state index contributed by atoms with van der Waals surface area (Å²) in [5.74, 6) is 0. The first-order chi connectivity index (χ1) is 1.91. The molecule has 0 nitrogen and oxygen atoms in total. The first kappa shape index (κ1) is 23.2. The average molecular weight is 344 g/mol. The Kier molecular flexibility index (Phi) is 83.0. The van der Waals surface area contributed by atoms with Crippen LogP contribution in [0, 0.1) is 20.8 Å². The van der Waals surface area contributed by atoms with Crippen molar-refractivity contribution in [2.75, 3.05) is 0 Å². The summed E-state index contributed by atoms with van der Waals surface area (Å²) in [6, 6.07) is 0. The monoisotopic (exact) mass is 344 g/mol. The topological polar surface area (TPSA) is 0 Å². The molecule has 2 heteroatoms. The van der Waals surface area contributed by atoms with Crippen molar-refractivity contribution < 1.29 is 53.8 Å². The van der Waals surface area contributed by atoms with Gasteiger partial charge in [-0.3, -0.25) is 0 Å². The molecule has 7 heavy (non-hydrogen) atoms. The standard InChI is InChI=1S/C4H8.CH3.W.Y/c1-3-4-2;;;/h4H,1,3H2,2H3;1H3;;/q-2;-1;+2;. The normalized spacial score (nSPS) is 4.29. The zero-order valence-electron chi connectivity index (χ0n) is 4.98. The summed E-state index contributed by atoms with van der Waals surface area (Å²) in [7, 11) is 0. The molecule has 0 heterocycles. The molecule has 1 radical (unpaired) electrons. The molecule has 0 spiro atoms. The molecule has 0 N–H and O–H groups in total. The van der Waals surface area contributed by atoms with E-state index in [0.717, 1.165) is 6.42 Å².